The third-order valence-electron chi connectivity index (χ3n) is 2.47. The number of anilines is 1. The summed E-state index contributed by atoms with van der Waals surface area (Å²) in [4.78, 5) is 15.8. The molecule has 6 heteroatoms. The molecule has 2 N–H and O–H groups in total. The van der Waals surface area contributed by atoms with E-state index in [1.807, 2.05) is 27.7 Å². The van der Waals surface area contributed by atoms with Gasteiger partial charge in [0.25, 0.3) is 0 Å². The summed E-state index contributed by atoms with van der Waals surface area (Å²) in [6.07, 6.45) is 0.755. The van der Waals surface area contributed by atoms with E-state index in [-0.39, 0.29) is 11.9 Å². The molecule has 16 heavy (non-hydrogen) atoms. The topological polar surface area (TPSA) is 79.9 Å². The van der Waals surface area contributed by atoms with E-state index in [4.69, 9.17) is 4.74 Å². The van der Waals surface area contributed by atoms with Crippen molar-refractivity contribution in [3.05, 3.63) is 0 Å². The van der Waals surface area contributed by atoms with Crippen LogP contribution in [0.5, 0.6) is 6.01 Å². The Hall–Kier alpha value is -1.59. The molecule has 1 rings (SSSR count). The van der Waals surface area contributed by atoms with Crippen molar-refractivity contribution in [2.24, 2.45) is 5.41 Å². The third kappa shape index (κ3) is 2.95. The van der Waals surface area contributed by atoms with E-state index in [1.165, 1.54) is 0 Å². The molecule has 0 fully saturated rings. The van der Waals surface area contributed by atoms with E-state index in [9.17, 15) is 4.79 Å². The van der Waals surface area contributed by atoms with Crippen molar-refractivity contribution in [1.29, 1.82) is 0 Å². The van der Waals surface area contributed by atoms with Gasteiger partial charge in [0.1, 0.15) is 0 Å². The largest absolute Gasteiger partial charge is 0.463 e. The first-order valence-corrected chi connectivity index (χ1v) is 5.36. The van der Waals surface area contributed by atoms with E-state index in [0.29, 0.717) is 12.6 Å². The minimum Gasteiger partial charge on any atom is -0.463 e. The molecule has 0 saturated carbocycles. The monoisotopic (exact) mass is 226 g/mol. The highest BCUT2D eigenvalue weighted by molar-refractivity contribution is 5.93. The zero-order chi connectivity index (χ0) is 12.2. The molecule has 1 heterocycles. The van der Waals surface area contributed by atoms with Crippen LogP contribution in [0.2, 0.25) is 0 Å². The second-order valence-corrected chi connectivity index (χ2v) is 4.09. The molecule has 0 aliphatic heterocycles. The predicted molar refractivity (Wildman–Crippen MR) is 60.3 cm³/mol. The van der Waals surface area contributed by atoms with Crippen molar-refractivity contribution in [1.82, 2.24) is 15.2 Å². The van der Waals surface area contributed by atoms with E-state index >= 15 is 0 Å². The van der Waals surface area contributed by atoms with Crippen LogP contribution in [-0.4, -0.2) is 27.7 Å². The highest BCUT2D eigenvalue weighted by Crippen LogP contribution is 2.21. The number of aromatic amines is 1. The Kier molecular flexibility index (Phi) is 3.87. The second-order valence-electron chi connectivity index (χ2n) is 4.09. The van der Waals surface area contributed by atoms with Crippen LogP contribution < -0.4 is 10.1 Å². The van der Waals surface area contributed by atoms with Gasteiger partial charge in [-0.15, -0.1) is 5.10 Å². The SMILES string of the molecule is CCOc1n[nH]c(NC(=O)C(C)(C)CC)n1. The molecule has 1 amide bonds. The fourth-order valence-corrected chi connectivity index (χ4v) is 0.933. The zero-order valence-electron chi connectivity index (χ0n) is 10.1. The van der Waals surface area contributed by atoms with Gasteiger partial charge >= 0.3 is 6.01 Å². The number of aromatic nitrogens is 3. The average molecular weight is 226 g/mol. The fraction of sp³-hybridized carbons (Fsp3) is 0.700. The molecule has 1 aromatic rings. The van der Waals surface area contributed by atoms with Gasteiger partial charge in [-0.1, -0.05) is 20.8 Å². The minimum atomic E-state index is -0.418. The quantitative estimate of drug-likeness (QED) is 0.798. The lowest BCUT2D eigenvalue weighted by Crippen LogP contribution is -2.30. The number of rotatable bonds is 5. The summed E-state index contributed by atoms with van der Waals surface area (Å²) in [5, 5.41) is 9.06. The first-order valence-electron chi connectivity index (χ1n) is 5.36. The number of ether oxygens (including phenoxy) is 1. The summed E-state index contributed by atoms with van der Waals surface area (Å²) in [5.41, 5.74) is -0.418. The Labute approximate surface area is 94.8 Å². The Morgan fingerprint density at radius 3 is 2.75 bits per heavy atom. The lowest BCUT2D eigenvalue weighted by atomic mass is 9.89. The standard InChI is InChI=1S/C10H18N4O2/c1-5-10(3,4)7(15)11-8-12-9(14-13-8)16-6-2/h5-6H2,1-4H3,(H2,11,12,13,14,15). The Bertz CT molecular complexity index is 359. The van der Waals surface area contributed by atoms with Crippen molar-refractivity contribution in [3.8, 4) is 6.01 Å². The zero-order valence-corrected chi connectivity index (χ0v) is 10.1. The van der Waals surface area contributed by atoms with Crippen LogP contribution in [0.15, 0.2) is 0 Å². The molecule has 0 aliphatic carbocycles. The maximum absolute atomic E-state index is 11.8. The summed E-state index contributed by atoms with van der Waals surface area (Å²) in [7, 11) is 0. The number of hydrogen-bond acceptors (Lipinski definition) is 4. The highest BCUT2D eigenvalue weighted by Gasteiger charge is 2.26. The van der Waals surface area contributed by atoms with E-state index in [0.717, 1.165) is 6.42 Å². The van der Waals surface area contributed by atoms with Crippen LogP contribution in [0.3, 0.4) is 0 Å². The van der Waals surface area contributed by atoms with Crippen LogP contribution >= 0.6 is 0 Å². The lowest BCUT2D eigenvalue weighted by Gasteiger charge is -2.20. The smallest absolute Gasteiger partial charge is 0.337 e. The minimum absolute atomic E-state index is 0.0887. The van der Waals surface area contributed by atoms with Crippen LogP contribution in [-0.2, 0) is 4.79 Å². The van der Waals surface area contributed by atoms with Crippen LogP contribution in [0.25, 0.3) is 0 Å². The van der Waals surface area contributed by atoms with Crippen LogP contribution in [0.1, 0.15) is 34.1 Å². The number of hydrogen-bond donors (Lipinski definition) is 2. The number of carbonyl (C=O) groups is 1. The number of carbonyl (C=O) groups excluding carboxylic acids is 1. The molecule has 90 valence electrons. The van der Waals surface area contributed by atoms with Crippen LogP contribution in [0, 0.1) is 5.41 Å². The fourth-order valence-electron chi connectivity index (χ4n) is 0.933. The summed E-state index contributed by atoms with van der Waals surface area (Å²) < 4.78 is 5.08. The van der Waals surface area contributed by atoms with Gasteiger partial charge in [0.05, 0.1) is 6.61 Å². The molecule has 6 nitrogen and oxygen atoms in total. The number of H-pyrrole nitrogens is 1. The van der Waals surface area contributed by atoms with Crippen molar-refractivity contribution in [3.63, 3.8) is 0 Å². The molecule has 0 bridgehead atoms. The molecule has 0 aromatic carbocycles. The van der Waals surface area contributed by atoms with Crippen LogP contribution in [0.4, 0.5) is 5.95 Å². The van der Waals surface area contributed by atoms with Gasteiger partial charge < -0.3 is 4.74 Å². The molecule has 0 radical (unpaired) electrons. The molecule has 1 aromatic heterocycles. The average Bonchev–Trinajstić information content (AvgIpc) is 2.66. The molecule has 0 spiro atoms. The van der Waals surface area contributed by atoms with Crippen molar-refractivity contribution < 1.29 is 9.53 Å². The molecule has 0 saturated heterocycles. The third-order valence-corrected chi connectivity index (χ3v) is 2.47. The number of nitrogens with one attached hydrogen (secondary N) is 2. The second kappa shape index (κ2) is 4.96. The molecule has 0 aliphatic rings. The van der Waals surface area contributed by atoms with Gasteiger partial charge in [-0.05, 0) is 13.3 Å². The Morgan fingerprint density at radius 2 is 2.19 bits per heavy atom. The Morgan fingerprint density at radius 1 is 1.50 bits per heavy atom. The summed E-state index contributed by atoms with van der Waals surface area (Å²) in [6, 6.07) is 0.243. The van der Waals surface area contributed by atoms with Crippen molar-refractivity contribution in [2.45, 2.75) is 34.1 Å². The maximum atomic E-state index is 11.8. The van der Waals surface area contributed by atoms with E-state index in [2.05, 4.69) is 20.5 Å². The summed E-state index contributed by atoms with van der Waals surface area (Å²) >= 11 is 0. The van der Waals surface area contributed by atoms with Gasteiger partial charge in [0.15, 0.2) is 0 Å². The van der Waals surface area contributed by atoms with Crippen molar-refractivity contribution in [2.75, 3.05) is 11.9 Å². The van der Waals surface area contributed by atoms with E-state index < -0.39 is 5.41 Å². The lowest BCUT2D eigenvalue weighted by molar-refractivity contribution is -0.124. The van der Waals surface area contributed by atoms with Crippen molar-refractivity contribution >= 4 is 11.9 Å². The molecular formula is C10H18N4O2. The van der Waals surface area contributed by atoms with Gasteiger partial charge in [-0.25, -0.2) is 5.10 Å². The van der Waals surface area contributed by atoms with Gasteiger partial charge in [-0.3, -0.25) is 10.1 Å². The number of nitrogens with zero attached hydrogens (tertiary/aromatic N) is 2. The first kappa shape index (κ1) is 12.5. The summed E-state index contributed by atoms with van der Waals surface area (Å²) in [5.74, 6) is 0.226. The van der Waals surface area contributed by atoms with E-state index in [1.54, 1.807) is 0 Å². The normalized spacial score (nSPS) is 11.2. The highest BCUT2D eigenvalue weighted by atomic mass is 16.5. The van der Waals surface area contributed by atoms with Gasteiger partial charge in [0.2, 0.25) is 11.9 Å². The Balaban J connectivity index is 2.63. The molecule has 0 atom stereocenters. The molecule has 0 unspecified atom stereocenters. The predicted octanol–water partition coefficient (Wildman–Crippen LogP) is 1.58. The molecular weight excluding hydrogens is 208 g/mol. The van der Waals surface area contributed by atoms with Gasteiger partial charge in [-0.2, -0.15) is 4.98 Å². The maximum Gasteiger partial charge on any atom is 0.337 e. The summed E-state index contributed by atoms with van der Waals surface area (Å²) in [6.45, 7) is 8.05. The van der Waals surface area contributed by atoms with Gasteiger partial charge in [0, 0.05) is 5.41 Å². The number of amides is 1. The first-order chi connectivity index (χ1) is 7.49.